The summed E-state index contributed by atoms with van der Waals surface area (Å²) in [6.07, 6.45) is 0.849. The quantitative estimate of drug-likeness (QED) is 0.843. The molecule has 0 saturated carbocycles. The largest absolute Gasteiger partial charge is 0.350 e. The summed E-state index contributed by atoms with van der Waals surface area (Å²) in [5, 5.41) is 3.65. The average molecular weight is 248 g/mol. The Morgan fingerprint density at radius 2 is 1.94 bits per heavy atom. The molecule has 1 N–H and O–H groups in total. The van der Waals surface area contributed by atoms with Crippen molar-refractivity contribution >= 4 is 17.5 Å². The molecule has 1 aromatic heterocycles. The lowest BCUT2D eigenvalue weighted by Crippen LogP contribution is -2.05. The summed E-state index contributed by atoms with van der Waals surface area (Å²) in [5.41, 5.74) is 2.13. The molecule has 0 aliphatic heterocycles. The fourth-order valence-corrected chi connectivity index (χ4v) is 1.71. The van der Waals surface area contributed by atoms with E-state index >= 15 is 0 Å². The highest BCUT2D eigenvalue weighted by Gasteiger charge is 2.01. The molecule has 0 amide bonds. The predicted molar refractivity (Wildman–Crippen MR) is 70.2 cm³/mol. The SMILES string of the molecule is CCc1cc(Cl)nc(NCc2ccccc2)n1. The zero-order valence-electron chi connectivity index (χ0n) is 9.65. The minimum Gasteiger partial charge on any atom is -0.350 e. The lowest BCUT2D eigenvalue weighted by Gasteiger charge is -2.06. The van der Waals surface area contributed by atoms with Crippen LogP contribution in [0.2, 0.25) is 5.15 Å². The summed E-state index contributed by atoms with van der Waals surface area (Å²) in [6.45, 7) is 2.74. The molecule has 2 rings (SSSR count). The van der Waals surface area contributed by atoms with Crippen LogP contribution in [0, 0.1) is 0 Å². The highest BCUT2D eigenvalue weighted by atomic mass is 35.5. The summed E-state index contributed by atoms with van der Waals surface area (Å²) in [5.74, 6) is 0.582. The number of nitrogens with one attached hydrogen (secondary N) is 1. The van der Waals surface area contributed by atoms with Gasteiger partial charge in [-0.15, -0.1) is 0 Å². The van der Waals surface area contributed by atoms with Gasteiger partial charge in [0.1, 0.15) is 5.15 Å². The Bertz CT molecular complexity index is 485. The number of anilines is 1. The molecule has 0 saturated heterocycles. The maximum absolute atomic E-state index is 5.92. The highest BCUT2D eigenvalue weighted by molar-refractivity contribution is 6.29. The van der Waals surface area contributed by atoms with Crippen molar-refractivity contribution in [1.29, 1.82) is 0 Å². The summed E-state index contributed by atoms with van der Waals surface area (Å²) in [7, 11) is 0. The smallest absolute Gasteiger partial charge is 0.224 e. The normalized spacial score (nSPS) is 10.2. The Morgan fingerprint density at radius 3 is 2.65 bits per heavy atom. The van der Waals surface area contributed by atoms with Gasteiger partial charge in [0.25, 0.3) is 0 Å². The summed E-state index contributed by atoms with van der Waals surface area (Å²) >= 11 is 5.92. The van der Waals surface area contributed by atoms with Crippen LogP contribution in [0.3, 0.4) is 0 Å². The third-order valence-electron chi connectivity index (χ3n) is 2.40. The number of aryl methyl sites for hydroxylation is 1. The standard InChI is InChI=1S/C13H14ClN3/c1-2-11-8-12(14)17-13(16-11)15-9-10-6-4-3-5-7-10/h3-8H,2,9H2,1H3,(H,15,16,17). The van der Waals surface area contributed by atoms with Crippen molar-refractivity contribution in [1.82, 2.24) is 9.97 Å². The summed E-state index contributed by atoms with van der Waals surface area (Å²) in [6, 6.07) is 11.9. The highest BCUT2D eigenvalue weighted by Crippen LogP contribution is 2.11. The molecule has 4 heteroatoms. The van der Waals surface area contributed by atoms with E-state index in [0.29, 0.717) is 17.6 Å². The molecule has 0 atom stereocenters. The molecule has 0 unspecified atom stereocenters. The van der Waals surface area contributed by atoms with Crippen molar-refractivity contribution < 1.29 is 0 Å². The van der Waals surface area contributed by atoms with Crippen molar-refractivity contribution in [3.63, 3.8) is 0 Å². The van der Waals surface area contributed by atoms with Crippen LogP contribution in [0.25, 0.3) is 0 Å². The van der Waals surface area contributed by atoms with Crippen LogP contribution in [0.5, 0.6) is 0 Å². The molecule has 2 aromatic rings. The van der Waals surface area contributed by atoms with Crippen LogP contribution in [0.1, 0.15) is 18.2 Å². The minimum absolute atomic E-state index is 0.479. The average Bonchev–Trinajstić information content (AvgIpc) is 2.37. The van der Waals surface area contributed by atoms with Crippen molar-refractivity contribution in [2.75, 3.05) is 5.32 Å². The molecule has 0 aliphatic carbocycles. The van der Waals surface area contributed by atoms with Crippen molar-refractivity contribution in [3.8, 4) is 0 Å². The fraction of sp³-hybridized carbons (Fsp3) is 0.231. The number of benzene rings is 1. The molecule has 1 heterocycles. The Labute approximate surface area is 106 Å². The second-order valence-electron chi connectivity index (χ2n) is 3.70. The van der Waals surface area contributed by atoms with Gasteiger partial charge in [0, 0.05) is 12.2 Å². The van der Waals surface area contributed by atoms with E-state index in [2.05, 4.69) is 27.4 Å². The Morgan fingerprint density at radius 1 is 1.18 bits per heavy atom. The van der Waals surface area contributed by atoms with Crippen molar-refractivity contribution in [2.45, 2.75) is 19.9 Å². The monoisotopic (exact) mass is 247 g/mol. The van der Waals surface area contributed by atoms with Gasteiger partial charge in [0.05, 0.1) is 0 Å². The maximum atomic E-state index is 5.92. The van der Waals surface area contributed by atoms with E-state index in [0.717, 1.165) is 12.1 Å². The van der Waals surface area contributed by atoms with Crippen LogP contribution in [0.15, 0.2) is 36.4 Å². The number of hydrogen-bond acceptors (Lipinski definition) is 3. The first-order valence-corrected chi connectivity index (χ1v) is 5.97. The Hall–Kier alpha value is -1.61. The molecular formula is C13H14ClN3. The van der Waals surface area contributed by atoms with Crippen LogP contribution >= 0.6 is 11.6 Å². The third kappa shape index (κ3) is 3.43. The maximum Gasteiger partial charge on any atom is 0.224 e. The third-order valence-corrected chi connectivity index (χ3v) is 2.60. The van der Waals surface area contributed by atoms with E-state index in [9.17, 15) is 0 Å². The van der Waals surface area contributed by atoms with Gasteiger partial charge in [-0.3, -0.25) is 0 Å². The lowest BCUT2D eigenvalue weighted by molar-refractivity contribution is 0.975. The van der Waals surface area contributed by atoms with E-state index in [-0.39, 0.29) is 0 Å². The van der Waals surface area contributed by atoms with Gasteiger partial charge in [0.2, 0.25) is 5.95 Å². The molecule has 0 bridgehead atoms. The number of aromatic nitrogens is 2. The van der Waals surface area contributed by atoms with Crippen molar-refractivity contribution in [2.24, 2.45) is 0 Å². The molecule has 0 aliphatic rings. The lowest BCUT2D eigenvalue weighted by atomic mass is 10.2. The van der Waals surface area contributed by atoms with E-state index < -0.39 is 0 Å². The second-order valence-corrected chi connectivity index (χ2v) is 4.09. The predicted octanol–water partition coefficient (Wildman–Crippen LogP) is 3.30. The minimum atomic E-state index is 0.479. The second kappa shape index (κ2) is 5.64. The molecule has 1 aromatic carbocycles. The van der Waals surface area contributed by atoms with Gasteiger partial charge in [-0.2, -0.15) is 0 Å². The van der Waals surface area contributed by atoms with Crippen LogP contribution in [-0.4, -0.2) is 9.97 Å². The molecule has 88 valence electrons. The molecule has 0 fully saturated rings. The fourth-order valence-electron chi connectivity index (χ4n) is 1.50. The number of nitrogens with zero attached hydrogens (tertiary/aromatic N) is 2. The van der Waals surface area contributed by atoms with Crippen LogP contribution in [0.4, 0.5) is 5.95 Å². The van der Waals surface area contributed by atoms with E-state index in [1.54, 1.807) is 6.07 Å². The van der Waals surface area contributed by atoms with E-state index in [4.69, 9.17) is 11.6 Å². The Kier molecular flexibility index (Phi) is 3.94. The molecule has 0 spiro atoms. The van der Waals surface area contributed by atoms with Crippen molar-refractivity contribution in [3.05, 3.63) is 52.8 Å². The van der Waals surface area contributed by atoms with Gasteiger partial charge >= 0.3 is 0 Å². The van der Waals surface area contributed by atoms with Crippen LogP contribution < -0.4 is 5.32 Å². The number of hydrogen-bond donors (Lipinski definition) is 1. The first-order valence-electron chi connectivity index (χ1n) is 5.59. The number of halogens is 1. The first kappa shape index (κ1) is 11.9. The van der Waals surface area contributed by atoms with E-state index in [1.807, 2.05) is 25.1 Å². The number of rotatable bonds is 4. The first-order chi connectivity index (χ1) is 8.28. The van der Waals surface area contributed by atoms with Gasteiger partial charge in [-0.05, 0) is 18.1 Å². The van der Waals surface area contributed by atoms with Gasteiger partial charge in [-0.1, -0.05) is 48.9 Å². The summed E-state index contributed by atoms with van der Waals surface area (Å²) in [4.78, 5) is 8.50. The zero-order chi connectivity index (χ0) is 12.1. The van der Waals surface area contributed by atoms with E-state index in [1.165, 1.54) is 5.56 Å². The summed E-state index contributed by atoms with van der Waals surface area (Å²) < 4.78 is 0. The van der Waals surface area contributed by atoms with Crippen LogP contribution in [-0.2, 0) is 13.0 Å². The van der Waals surface area contributed by atoms with Gasteiger partial charge in [-0.25, -0.2) is 9.97 Å². The zero-order valence-corrected chi connectivity index (χ0v) is 10.4. The topological polar surface area (TPSA) is 37.8 Å². The molecule has 3 nitrogen and oxygen atoms in total. The molecular weight excluding hydrogens is 234 g/mol. The Balaban J connectivity index is 2.06. The molecule has 0 radical (unpaired) electrons. The van der Waals surface area contributed by atoms with Gasteiger partial charge < -0.3 is 5.32 Å². The molecule has 17 heavy (non-hydrogen) atoms. The van der Waals surface area contributed by atoms with Gasteiger partial charge in [0.15, 0.2) is 0 Å².